The smallest absolute Gasteiger partial charge is 0.166 e. The highest BCUT2D eigenvalue weighted by molar-refractivity contribution is 5.69. The first kappa shape index (κ1) is 12.6. The lowest BCUT2D eigenvalue weighted by Crippen LogP contribution is -3.12. The fourth-order valence-corrected chi connectivity index (χ4v) is 8.37. The van der Waals surface area contributed by atoms with Gasteiger partial charge in [0, 0.05) is 10.8 Å². The zero-order chi connectivity index (χ0) is 16.1. The van der Waals surface area contributed by atoms with Gasteiger partial charge in [-0.25, -0.2) is 0 Å². The van der Waals surface area contributed by atoms with E-state index < -0.39 is 11.7 Å². The van der Waals surface area contributed by atoms with Crippen molar-refractivity contribution >= 4 is 0 Å². The number of benzene rings is 2. The van der Waals surface area contributed by atoms with Crippen LogP contribution in [0.3, 0.4) is 0 Å². The van der Waals surface area contributed by atoms with E-state index in [1.165, 1.54) is 17.7 Å². The van der Waals surface area contributed by atoms with Crippen molar-refractivity contribution < 1.29 is 13.2 Å². The van der Waals surface area contributed by atoms with Crippen molar-refractivity contribution in [1.82, 2.24) is 0 Å². The summed E-state index contributed by atoms with van der Waals surface area (Å²) in [5, 5.41) is 0. The van der Waals surface area contributed by atoms with Crippen LogP contribution < -0.4 is 0 Å². The first-order valence-corrected chi connectivity index (χ1v) is 8.78. The summed E-state index contributed by atoms with van der Waals surface area (Å²) in [7, 11) is 0. The van der Waals surface area contributed by atoms with Crippen molar-refractivity contribution in [2.75, 3.05) is 0 Å². The molecule has 6 saturated carbocycles. The number of halogens is 3. The second kappa shape index (κ2) is 3.18. The minimum atomic E-state index is -4.24. The monoisotopic (exact) mass is 324 g/mol. The molecule has 0 spiro atoms. The Morgan fingerprint density at radius 3 is 1.67 bits per heavy atom. The quantitative estimate of drug-likeness (QED) is 0.754. The Bertz CT molecular complexity index is 857. The molecule has 120 valence electrons. The molecule has 0 N–H and O–H groups in total. The molecule has 0 bridgehead atoms. The summed E-state index contributed by atoms with van der Waals surface area (Å²) in [6.07, 6.45) is -4.24. The van der Waals surface area contributed by atoms with Gasteiger partial charge in [0.05, 0.1) is 5.56 Å². The Morgan fingerprint density at radius 1 is 0.625 bits per heavy atom. The molecule has 0 amide bonds. The van der Waals surface area contributed by atoms with Crippen molar-refractivity contribution in [1.29, 1.82) is 0 Å². The summed E-state index contributed by atoms with van der Waals surface area (Å²) in [6, 6.07) is 17.0. The minimum absolute atomic E-state index is 0.123. The van der Waals surface area contributed by atoms with E-state index >= 15 is 0 Å². The van der Waals surface area contributed by atoms with Gasteiger partial charge in [-0.15, -0.1) is 0 Å². The van der Waals surface area contributed by atoms with E-state index in [4.69, 9.17) is 0 Å². The number of hydrogen-bond acceptors (Lipinski definition) is 0. The van der Waals surface area contributed by atoms with E-state index in [1.54, 1.807) is 6.07 Å². The van der Waals surface area contributed by atoms with Gasteiger partial charge < -0.3 is 0 Å². The summed E-state index contributed by atoms with van der Waals surface area (Å²) in [6.45, 7) is 0. The Morgan fingerprint density at radius 2 is 1.12 bits per heavy atom. The summed E-state index contributed by atoms with van der Waals surface area (Å²) >= 11 is 0. The molecule has 0 atom stereocenters. The van der Waals surface area contributed by atoms with Gasteiger partial charge >= 0.3 is 6.18 Å². The number of hydrogen-bond donors (Lipinski definition) is 0. The van der Waals surface area contributed by atoms with Crippen LogP contribution in [0.2, 0.25) is 0 Å². The Labute approximate surface area is 137 Å². The van der Waals surface area contributed by atoms with E-state index in [0.717, 1.165) is 23.3 Å². The highest BCUT2D eigenvalue weighted by atomic mass is 19.4. The molecule has 6 aliphatic rings. The molecule has 6 aliphatic carbocycles. The Balaban J connectivity index is 1.29. The normalized spacial score (nSPS) is 50.6. The Hall–Kier alpha value is -1.77. The largest absolute Gasteiger partial charge is 0.416 e. The van der Waals surface area contributed by atoms with E-state index in [9.17, 15) is 13.2 Å². The molecular formula is C21H15F3. The lowest BCUT2D eigenvalue weighted by atomic mass is 8.91. The maximum absolute atomic E-state index is 13.1. The SMILES string of the molecule is FC(F)(F)c1cccc(C23C4C5C2C2C3C4C52c2ccccc2)c1. The fraction of sp³-hybridized carbons (Fsp3) is 0.429. The zero-order valence-electron chi connectivity index (χ0n) is 12.8. The summed E-state index contributed by atoms with van der Waals surface area (Å²) < 4.78 is 39.2. The topological polar surface area (TPSA) is 0 Å². The molecule has 2 aromatic rings. The number of rotatable bonds is 2. The van der Waals surface area contributed by atoms with E-state index in [-0.39, 0.29) is 5.41 Å². The summed E-state index contributed by atoms with van der Waals surface area (Å²) in [5.41, 5.74) is 2.53. The molecule has 0 nitrogen and oxygen atoms in total. The second-order valence-electron chi connectivity index (χ2n) is 8.47. The van der Waals surface area contributed by atoms with Gasteiger partial charge in [0.15, 0.2) is 0 Å². The third kappa shape index (κ3) is 0.843. The Kier molecular flexibility index (Phi) is 1.67. The van der Waals surface area contributed by atoms with Crippen LogP contribution in [0.15, 0.2) is 54.6 Å². The van der Waals surface area contributed by atoms with Gasteiger partial charge in [-0.1, -0.05) is 48.5 Å². The first-order chi connectivity index (χ1) is 11.5. The van der Waals surface area contributed by atoms with Crippen molar-refractivity contribution in [2.45, 2.75) is 17.0 Å². The van der Waals surface area contributed by atoms with Crippen LogP contribution >= 0.6 is 0 Å². The standard InChI is InChI=1S/C21H15F3/c22-21(23,24)12-8-4-7-11(9-12)20-16-13-17(20)15-18(20)14(16)19(13,15)10-5-2-1-3-6-10/h1-9,13-18H. The third-order valence-electron chi connectivity index (χ3n) is 8.59. The van der Waals surface area contributed by atoms with Crippen LogP contribution in [0, 0.1) is 35.5 Å². The number of alkyl halides is 3. The third-order valence-corrected chi connectivity index (χ3v) is 8.59. The fourth-order valence-electron chi connectivity index (χ4n) is 8.37. The predicted molar refractivity (Wildman–Crippen MR) is 82.2 cm³/mol. The molecule has 0 aliphatic heterocycles. The molecule has 0 saturated heterocycles. The summed E-state index contributed by atoms with van der Waals surface area (Å²) in [5.74, 6) is 4.20. The molecule has 2 aromatic carbocycles. The maximum atomic E-state index is 13.1. The molecule has 0 heterocycles. The molecule has 6 fully saturated rings. The van der Waals surface area contributed by atoms with Gasteiger partial charge in [0.1, 0.15) is 0 Å². The van der Waals surface area contributed by atoms with Gasteiger partial charge in [0.25, 0.3) is 0 Å². The van der Waals surface area contributed by atoms with Crippen molar-refractivity contribution in [2.24, 2.45) is 35.5 Å². The van der Waals surface area contributed by atoms with Gasteiger partial charge in [0.2, 0.25) is 0 Å². The highest BCUT2D eigenvalue weighted by Crippen LogP contribution is 3.09. The average Bonchev–Trinajstić information content (AvgIpc) is 2.61. The van der Waals surface area contributed by atoms with E-state index in [0.29, 0.717) is 23.2 Å². The predicted octanol–water partition coefficient (Wildman–Crippen LogP) is 4.65. The zero-order valence-corrected chi connectivity index (χ0v) is 12.8. The lowest BCUT2D eigenvalue weighted by molar-refractivity contribution is -0.597. The average molecular weight is 324 g/mol. The van der Waals surface area contributed by atoms with E-state index in [1.807, 2.05) is 6.07 Å². The molecule has 0 unspecified atom stereocenters. The van der Waals surface area contributed by atoms with Crippen LogP contribution in [0.4, 0.5) is 13.2 Å². The lowest BCUT2D eigenvalue weighted by Gasteiger charge is -3.12. The molecule has 24 heavy (non-hydrogen) atoms. The molecule has 0 aromatic heterocycles. The second-order valence-corrected chi connectivity index (χ2v) is 8.47. The van der Waals surface area contributed by atoms with Gasteiger partial charge in [-0.05, 0) is 52.7 Å². The van der Waals surface area contributed by atoms with Gasteiger partial charge in [-0.2, -0.15) is 13.2 Å². The molecule has 3 heteroatoms. The van der Waals surface area contributed by atoms with Crippen LogP contribution in [0.5, 0.6) is 0 Å². The van der Waals surface area contributed by atoms with Crippen LogP contribution in [0.25, 0.3) is 0 Å². The van der Waals surface area contributed by atoms with Crippen LogP contribution in [-0.4, -0.2) is 0 Å². The van der Waals surface area contributed by atoms with Gasteiger partial charge in [-0.3, -0.25) is 0 Å². The first-order valence-electron chi connectivity index (χ1n) is 8.78. The van der Waals surface area contributed by atoms with E-state index in [2.05, 4.69) is 30.3 Å². The maximum Gasteiger partial charge on any atom is 0.416 e. The minimum Gasteiger partial charge on any atom is -0.166 e. The van der Waals surface area contributed by atoms with Crippen molar-refractivity contribution in [3.8, 4) is 0 Å². The van der Waals surface area contributed by atoms with Crippen LogP contribution in [-0.2, 0) is 17.0 Å². The highest BCUT2D eigenvalue weighted by Gasteiger charge is 3.09. The van der Waals surface area contributed by atoms with Crippen molar-refractivity contribution in [3.05, 3.63) is 71.3 Å². The molecule has 0 radical (unpaired) electrons. The summed E-state index contributed by atoms with van der Waals surface area (Å²) in [4.78, 5) is 0. The molecule has 8 rings (SSSR count). The molecular weight excluding hydrogens is 309 g/mol. The van der Waals surface area contributed by atoms with Crippen LogP contribution in [0.1, 0.15) is 16.7 Å². The van der Waals surface area contributed by atoms with Crippen molar-refractivity contribution in [3.63, 3.8) is 0 Å².